The van der Waals surface area contributed by atoms with Crippen LogP contribution in [0.5, 0.6) is 5.88 Å². The summed E-state index contributed by atoms with van der Waals surface area (Å²) in [5.41, 5.74) is 0.316. The van der Waals surface area contributed by atoms with E-state index in [9.17, 15) is 14.7 Å². The Labute approximate surface area is 192 Å². The van der Waals surface area contributed by atoms with Crippen molar-refractivity contribution in [2.24, 2.45) is 5.41 Å². The quantitative estimate of drug-likeness (QED) is 0.467. The van der Waals surface area contributed by atoms with E-state index in [1.165, 1.54) is 4.90 Å². The van der Waals surface area contributed by atoms with Crippen LogP contribution >= 0.6 is 11.8 Å². The molecule has 1 aliphatic rings. The molecule has 1 aromatic carbocycles. The van der Waals surface area contributed by atoms with Gasteiger partial charge in [-0.2, -0.15) is 0 Å². The average molecular weight is 457 g/mol. The number of aromatic nitrogens is 1. The third-order valence-electron chi connectivity index (χ3n) is 5.11. The predicted octanol–water partition coefficient (Wildman–Crippen LogP) is 4.34. The number of anilines is 1. The molecule has 170 valence electrons. The number of nitrogens with zero attached hydrogens (tertiary/aromatic N) is 2. The number of hydrogen-bond acceptors (Lipinski definition) is 7. The van der Waals surface area contributed by atoms with Gasteiger partial charge in [0.1, 0.15) is 12.6 Å². The molecule has 1 amide bonds. The highest BCUT2D eigenvalue weighted by Gasteiger charge is 2.47. The number of pyridine rings is 1. The van der Waals surface area contributed by atoms with Gasteiger partial charge in [-0.1, -0.05) is 20.8 Å². The summed E-state index contributed by atoms with van der Waals surface area (Å²) in [7, 11) is 1.57. The summed E-state index contributed by atoms with van der Waals surface area (Å²) < 4.78 is 10.9. The molecule has 7 nitrogen and oxygen atoms in total. The molecule has 2 aromatic rings. The van der Waals surface area contributed by atoms with E-state index >= 15 is 0 Å². The Hall–Kier alpha value is -2.84. The molecule has 1 N–H and O–H groups in total. The van der Waals surface area contributed by atoms with Crippen molar-refractivity contribution in [1.82, 2.24) is 4.98 Å². The van der Waals surface area contributed by atoms with E-state index in [4.69, 9.17) is 9.47 Å². The highest BCUT2D eigenvalue weighted by molar-refractivity contribution is 7.98. The van der Waals surface area contributed by atoms with Crippen LogP contribution in [0.2, 0.25) is 0 Å². The average Bonchev–Trinajstić information content (AvgIpc) is 3.03. The second-order valence-electron chi connectivity index (χ2n) is 8.36. The van der Waals surface area contributed by atoms with Gasteiger partial charge in [0.25, 0.3) is 5.91 Å². The second kappa shape index (κ2) is 9.75. The molecule has 0 fully saturated rings. The van der Waals surface area contributed by atoms with E-state index in [0.29, 0.717) is 17.9 Å². The van der Waals surface area contributed by atoms with Crippen molar-refractivity contribution in [2.45, 2.75) is 31.7 Å². The lowest BCUT2D eigenvalue weighted by Gasteiger charge is -2.29. The molecule has 1 unspecified atom stereocenters. The number of thioether (sulfide) groups is 1. The monoisotopic (exact) mass is 456 g/mol. The summed E-state index contributed by atoms with van der Waals surface area (Å²) >= 11 is 1.58. The van der Waals surface area contributed by atoms with E-state index in [2.05, 4.69) is 4.98 Å². The lowest BCUT2D eigenvalue weighted by Crippen LogP contribution is -2.33. The van der Waals surface area contributed by atoms with Crippen molar-refractivity contribution in [1.29, 1.82) is 0 Å². The number of benzene rings is 1. The van der Waals surface area contributed by atoms with Gasteiger partial charge in [-0.25, -0.2) is 4.98 Å². The molecule has 0 saturated heterocycles. The maximum atomic E-state index is 13.4. The Morgan fingerprint density at radius 1 is 1.19 bits per heavy atom. The molecule has 8 heteroatoms. The number of carbonyl (C=O) groups excluding carboxylic acids is 2. The van der Waals surface area contributed by atoms with E-state index in [1.54, 1.807) is 70.1 Å². The summed E-state index contributed by atoms with van der Waals surface area (Å²) in [5, 5.41) is 10.8. The summed E-state index contributed by atoms with van der Waals surface area (Å²) in [6.45, 7) is 5.88. The smallest absolute Gasteiger partial charge is 0.294 e. The first-order chi connectivity index (χ1) is 15.2. The molecule has 0 saturated carbocycles. The molecule has 32 heavy (non-hydrogen) atoms. The molecule has 0 bridgehead atoms. The van der Waals surface area contributed by atoms with E-state index < -0.39 is 23.1 Å². The highest BCUT2D eigenvalue weighted by atomic mass is 32.2. The molecule has 0 spiro atoms. The first-order valence-electron chi connectivity index (χ1n) is 10.2. The first-order valence-corrected chi connectivity index (χ1v) is 11.4. The van der Waals surface area contributed by atoms with Crippen molar-refractivity contribution in [3.05, 3.63) is 59.5 Å². The fourth-order valence-electron chi connectivity index (χ4n) is 3.50. The fraction of sp³-hybridized carbons (Fsp3) is 0.375. The maximum Gasteiger partial charge on any atom is 0.294 e. The molecule has 2 heterocycles. The molecular weight excluding hydrogens is 428 g/mol. The van der Waals surface area contributed by atoms with Crippen molar-refractivity contribution in [2.75, 3.05) is 31.5 Å². The number of hydrogen-bond donors (Lipinski definition) is 1. The lowest BCUT2D eigenvalue weighted by molar-refractivity contribution is -0.123. The van der Waals surface area contributed by atoms with Gasteiger partial charge in [-0.3, -0.25) is 14.5 Å². The van der Waals surface area contributed by atoms with Crippen LogP contribution in [0.15, 0.2) is 58.8 Å². The Bertz CT molecular complexity index is 1030. The minimum absolute atomic E-state index is 0.0426. The Morgan fingerprint density at radius 3 is 2.47 bits per heavy atom. The normalized spacial score (nSPS) is 16.6. The minimum atomic E-state index is -0.874. The lowest BCUT2D eigenvalue weighted by atomic mass is 9.82. The highest BCUT2D eigenvalue weighted by Crippen LogP contribution is 2.45. The largest absolute Gasteiger partial charge is 0.503 e. The number of ether oxygens (including phenoxy) is 2. The van der Waals surface area contributed by atoms with Gasteiger partial charge in [-0.05, 0) is 42.7 Å². The van der Waals surface area contributed by atoms with Crippen LogP contribution in [0.25, 0.3) is 0 Å². The number of rotatable bonds is 8. The number of Topliss-reactive ketones (excluding diaryl/α,β-unsaturated/α-hetero) is 1. The van der Waals surface area contributed by atoms with Crippen LogP contribution in [-0.4, -0.2) is 48.4 Å². The van der Waals surface area contributed by atoms with Gasteiger partial charge in [-0.15, -0.1) is 11.8 Å². The zero-order chi connectivity index (χ0) is 23.5. The molecule has 1 atom stereocenters. The van der Waals surface area contributed by atoms with Crippen molar-refractivity contribution >= 4 is 29.1 Å². The molecular formula is C24H28N2O5S. The Kier molecular flexibility index (Phi) is 7.26. The van der Waals surface area contributed by atoms with Crippen LogP contribution in [0.4, 0.5) is 5.69 Å². The van der Waals surface area contributed by atoms with Gasteiger partial charge in [0.05, 0.1) is 12.2 Å². The van der Waals surface area contributed by atoms with Crippen LogP contribution < -0.4 is 9.64 Å². The van der Waals surface area contributed by atoms with Crippen LogP contribution in [0, 0.1) is 5.41 Å². The number of ketones is 1. The van der Waals surface area contributed by atoms with Crippen molar-refractivity contribution < 1.29 is 24.2 Å². The molecule has 0 radical (unpaired) electrons. The summed E-state index contributed by atoms with van der Waals surface area (Å²) in [5.74, 6) is -1.22. The van der Waals surface area contributed by atoms with Gasteiger partial charge in [0, 0.05) is 34.9 Å². The minimum Gasteiger partial charge on any atom is -0.503 e. The maximum absolute atomic E-state index is 13.4. The van der Waals surface area contributed by atoms with Gasteiger partial charge in [0.2, 0.25) is 5.88 Å². The van der Waals surface area contributed by atoms with Crippen molar-refractivity contribution in [3.8, 4) is 5.88 Å². The van der Waals surface area contributed by atoms with E-state index in [1.807, 2.05) is 18.4 Å². The molecule has 1 aliphatic heterocycles. The summed E-state index contributed by atoms with van der Waals surface area (Å²) in [4.78, 5) is 33.4. The van der Waals surface area contributed by atoms with Gasteiger partial charge < -0.3 is 14.6 Å². The van der Waals surface area contributed by atoms with Gasteiger partial charge >= 0.3 is 0 Å². The molecule has 3 rings (SSSR count). The SMILES string of the molecule is COCCOc1ncccc1C1C(C(=O)C(C)(C)C)=C(O)C(=O)N1c1ccc(SC)cc1. The van der Waals surface area contributed by atoms with Gasteiger partial charge in [0.15, 0.2) is 11.5 Å². The number of carbonyl (C=O) groups is 2. The molecule has 0 aliphatic carbocycles. The first kappa shape index (κ1) is 23.8. The zero-order valence-electron chi connectivity index (χ0n) is 18.9. The molecule has 1 aromatic heterocycles. The second-order valence-corrected chi connectivity index (χ2v) is 9.24. The Balaban J connectivity index is 2.17. The van der Waals surface area contributed by atoms with Crippen molar-refractivity contribution in [3.63, 3.8) is 0 Å². The standard InChI is InChI=1S/C24H28N2O5S/c1-24(2,3)21(28)18-19(17-7-6-12-25-22(17)31-14-13-30-4)26(23(29)20(18)27)15-8-10-16(32-5)11-9-15/h6-12,19,27H,13-14H2,1-5H3. The van der Waals surface area contributed by atoms with E-state index in [-0.39, 0.29) is 23.8 Å². The van der Waals surface area contributed by atoms with E-state index in [0.717, 1.165) is 4.90 Å². The third kappa shape index (κ3) is 4.66. The van der Waals surface area contributed by atoms with Crippen LogP contribution in [0.1, 0.15) is 32.4 Å². The number of methoxy groups -OCH3 is 1. The fourth-order valence-corrected chi connectivity index (χ4v) is 3.91. The predicted molar refractivity (Wildman–Crippen MR) is 124 cm³/mol. The van der Waals surface area contributed by atoms with Crippen LogP contribution in [0.3, 0.4) is 0 Å². The zero-order valence-corrected chi connectivity index (χ0v) is 19.7. The number of amides is 1. The summed E-state index contributed by atoms with van der Waals surface area (Å²) in [6.07, 6.45) is 3.54. The number of aliphatic hydroxyl groups excluding tert-OH is 1. The third-order valence-corrected chi connectivity index (χ3v) is 5.85. The Morgan fingerprint density at radius 2 is 1.88 bits per heavy atom. The van der Waals surface area contributed by atoms with Crippen LogP contribution in [-0.2, 0) is 14.3 Å². The number of aliphatic hydroxyl groups is 1. The topological polar surface area (TPSA) is 89.0 Å². The summed E-state index contributed by atoms with van der Waals surface area (Å²) in [6, 6.07) is 9.99.